The lowest BCUT2D eigenvalue weighted by Gasteiger charge is -2.08. The van der Waals surface area contributed by atoms with Crippen LogP contribution in [0.4, 0.5) is 0 Å². The molecule has 0 aromatic carbocycles. The molecule has 0 fully saturated rings. The minimum absolute atomic E-state index is 0.188. The first-order chi connectivity index (χ1) is 8.34. The van der Waals surface area contributed by atoms with Crippen LogP contribution in [0, 0.1) is 0 Å². The standard InChI is InChI=1S/C10H12Br2N4O2/c1-5(11)4-16-6-7(13-9(16)12)14(2)10(18)15(3)8(6)17/h5H,4H2,1-3H3/t5-/m1/s1. The molecule has 0 bridgehead atoms. The third kappa shape index (κ3) is 1.97. The van der Waals surface area contributed by atoms with Gasteiger partial charge in [-0.05, 0) is 15.9 Å². The summed E-state index contributed by atoms with van der Waals surface area (Å²) in [6, 6.07) is 0. The molecule has 0 spiro atoms. The van der Waals surface area contributed by atoms with Crippen molar-refractivity contribution < 1.29 is 0 Å². The molecule has 0 unspecified atom stereocenters. The van der Waals surface area contributed by atoms with Gasteiger partial charge in [0.2, 0.25) is 0 Å². The van der Waals surface area contributed by atoms with Crippen LogP contribution in [-0.2, 0) is 20.6 Å². The van der Waals surface area contributed by atoms with Gasteiger partial charge in [-0.2, -0.15) is 0 Å². The zero-order valence-corrected chi connectivity index (χ0v) is 13.3. The molecule has 0 N–H and O–H groups in total. The van der Waals surface area contributed by atoms with E-state index in [1.165, 1.54) is 11.6 Å². The monoisotopic (exact) mass is 378 g/mol. The number of hydrogen-bond donors (Lipinski definition) is 0. The van der Waals surface area contributed by atoms with Crippen LogP contribution in [0.1, 0.15) is 6.92 Å². The van der Waals surface area contributed by atoms with E-state index >= 15 is 0 Å². The van der Waals surface area contributed by atoms with Crippen LogP contribution in [0.15, 0.2) is 14.3 Å². The third-order valence-corrected chi connectivity index (χ3v) is 3.63. The van der Waals surface area contributed by atoms with Gasteiger partial charge in [-0.3, -0.25) is 13.9 Å². The third-order valence-electron chi connectivity index (χ3n) is 2.74. The van der Waals surface area contributed by atoms with E-state index in [2.05, 4.69) is 36.8 Å². The minimum Gasteiger partial charge on any atom is -0.312 e. The lowest BCUT2D eigenvalue weighted by molar-refractivity contribution is 0.680. The average molecular weight is 380 g/mol. The van der Waals surface area contributed by atoms with Gasteiger partial charge < -0.3 is 4.57 Å². The van der Waals surface area contributed by atoms with Crippen molar-refractivity contribution in [1.29, 1.82) is 0 Å². The Hall–Kier alpha value is -0.890. The smallest absolute Gasteiger partial charge is 0.312 e. The van der Waals surface area contributed by atoms with Gasteiger partial charge in [0.15, 0.2) is 15.9 Å². The van der Waals surface area contributed by atoms with Gasteiger partial charge in [0, 0.05) is 25.5 Å². The Labute approximate surface area is 119 Å². The molecule has 0 saturated carbocycles. The summed E-state index contributed by atoms with van der Waals surface area (Å²) in [7, 11) is 3.07. The quantitative estimate of drug-likeness (QED) is 0.577. The molecule has 2 aromatic heterocycles. The molecule has 98 valence electrons. The highest BCUT2D eigenvalue weighted by atomic mass is 79.9. The molecule has 2 aromatic rings. The summed E-state index contributed by atoms with van der Waals surface area (Å²) in [5, 5.41) is 0. The van der Waals surface area contributed by atoms with Crippen molar-refractivity contribution in [3.63, 3.8) is 0 Å². The summed E-state index contributed by atoms with van der Waals surface area (Å²) in [6.07, 6.45) is 0. The van der Waals surface area contributed by atoms with Gasteiger partial charge in [-0.15, -0.1) is 0 Å². The fraction of sp³-hybridized carbons (Fsp3) is 0.500. The summed E-state index contributed by atoms with van der Waals surface area (Å²) in [5.74, 6) is 0. The second-order valence-electron chi connectivity index (χ2n) is 4.15. The predicted octanol–water partition coefficient (Wildman–Crippen LogP) is 0.980. The lowest BCUT2D eigenvalue weighted by Crippen LogP contribution is -2.37. The van der Waals surface area contributed by atoms with E-state index in [1.807, 2.05) is 6.92 Å². The van der Waals surface area contributed by atoms with Crippen molar-refractivity contribution in [3.8, 4) is 0 Å². The minimum atomic E-state index is -0.378. The number of imidazole rings is 1. The first kappa shape index (κ1) is 13.5. The summed E-state index contributed by atoms with van der Waals surface area (Å²) in [6.45, 7) is 2.56. The van der Waals surface area contributed by atoms with Gasteiger partial charge in [-0.25, -0.2) is 9.78 Å². The van der Waals surface area contributed by atoms with Crippen LogP contribution in [-0.4, -0.2) is 23.5 Å². The Kier molecular flexibility index (Phi) is 3.50. The average Bonchev–Trinajstić information content (AvgIpc) is 2.61. The zero-order valence-electron chi connectivity index (χ0n) is 10.1. The van der Waals surface area contributed by atoms with Crippen LogP contribution in [0.3, 0.4) is 0 Å². The second-order valence-corrected chi connectivity index (χ2v) is 6.42. The van der Waals surface area contributed by atoms with Gasteiger partial charge in [-0.1, -0.05) is 22.9 Å². The van der Waals surface area contributed by atoms with Gasteiger partial charge in [0.05, 0.1) is 0 Å². The number of nitrogens with zero attached hydrogens (tertiary/aromatic N) is 4. The number of aryl methyl sites for hydroxylation is 1. The highest BCUT2D eigenvalue weighted by Crippen LogP contribution is 2.18. The summed E-state index contributed by atoms with van der Waals surface area (Å²) < 4.78 is 4.77. The molecule has 0 saturated heterocycles. The number of rotatable bonds is 2. The normalized spacial score (nSPS) is 13.2. The van der Waals surface area contributed by atoms with Crippen LogP contribution >= 0.6 is 31.9 Å². The fourth-order valence-corrected chi connectivity index (χ4v) is 2.62. The largest absolute Gasteiger partial charge is 0.332 e. The van der Waals surface area contributed by atoms with Crippen molar-refractivity contribution in [2.45, 2.75) is 18.3 Å². The molecule has 0 aliphatic carbocycles. The molecule has 1 atom stereocenters. The van der Waals surface area contributed by atoms with Gasteiger partial charge in [0.1, 0.15) is 0 Å². The van der Waals surface area contributed by atoms with E-state index in [1.54, 1.807) is 11.6 Å². The lowest BCUT2D eigenvalue weighted by atomic mass is 10.4. The predicted molar refractivity (Wildman–Crippen MR) is 76.3 cm³/mol. The van der Waals surface area contributed by atoms with Crippen molar-refractivity contribution in [2.75, 3.05) is 0 Å². The highest BCUT2D eigenvalue weighted by molar-refractivity contribution is 9.10. The fourth-order valence-electron chi connectivity index (χ4n) is 1.84. The Bertz CT molecular complexity index is 726. The molecular formula is C10H12Br2N4O2. The van der Waals surface area contributed by atoms with E-state index in [4.69, 9.17) is 0 Å². The topological polar surface area (TPSA) is 61.8 Å². The summed E-state index contributed by atoms with van der Waals surface area (Å²) in [4.78, 5) is 28.4. The molecule has 0 radical (unpaired) electrons. The Morgan fingerprint density at radius 2 is 1.89 bits per heavy atom. The van der Waals surface area contributed by atoms with E-state index in [0.29, 0.717) is 22.4 Å². The molecule has 0 aliphatic heterocycles. The molecule has 8 heteroatoms. The SMILES string of the molecule is C[C@@H](Br)Cn1c(Br)nc2c1c(=O)n(C)c(=O)n2C. The molecular weight excluding hydrogens is 368 g/mol. The number of alkyl halides is 1. The number of aromatic nitrogens is 4. The Morgan fingerprint density at radius 3 is 2.44 bits per heavy atom. The van der Waals surface area contributed by atoms with Crippen LogP contribution in [0.2, 0.25) is 0 Å². The van der Waals surface area contributed by atoms with Crippen LogP contribution < -0.4 is 11.2 Å². The first-order valence-corrected chi connectivity index (χ1v) is 7.01. The molecule has 0 aliphatic rings. The summed E-state index contributed by atoms with van der Waals surface area (Å²) >= 11 is 6.77. The van der Waals surface area contributed by atoms with E-state index < -0.39 is 0 Å². The van der Waals surface area contributed by atoms with E-state index in [0.717, 1.165) is 4.57 Å². The van der Waals surface area contributed by atoms with Gasteiger partial charge >= 0.3 is 5.69 Å². The van der Waals surface area contributed by atoms with E-state index in [-0.39, 0.29) is 16.1 Å². The van der Waals surface area contributed by atoms with Crippen LogP contribution in [0.25, 0.3) is 11.2 Å². The zero-order chi connectivity index (χ0) is 13.6. The highest BCUT2D eigenvalue weighted by Gasteiger charge is 2.18. The van der Waals surface area contributed by atoms with Crippen molar-refractivity contribution in [2.24, 2.45) is 14.1 Å². The number of hydrogen-bond acceptors (Lipinski definition) is 3. The van der Waals surface area contributed by atoms with Crippen molar-refractivity contribution in [1.82, 2.24) is 18.7 Å². The first-order valence-electron chi connectivity index (χ1n) is 5.30. The van der Waals surface area contributed by atoms with Crippen molar-refractivity contribution >= 4 is 43.0 Å². The molecule has 2 rings (SSSR count). The van der Waals surface area contributed by atoms with Crippen LogP contribution in [0.5, 0.6) is 0 Å². The Balaban J connectivity index is 2.95. The number of halogens is 2. The maximum atomic E-state index is 12.2. The second kappa shape index (κ2) is 4.65. The van der Waals surface area contributed by atoms with E-state index in [9.17, 15) is 9.59 Å². The maximum absolute atomic E-state index is 12.2. The molecule has 6 nitrogen and oxygen atoms in total. The molecule has 0 amide bonds. The van der Waals surface area contributed by atoms with Crippen molar-refractivity contribution in [3.05, 3.63) is 25.6 Å². The van der Waals surface area contributed by atoms with Gasteiger partial charge in [0.25, 0.3) is 5.56 Å². The Morgan fingerprint density at radius 1 is 1.28 bits per heavy atom. The summed E-state index contributed by atoms with van der Waals surface area (Å²) in [5.41, 5.74) is 0.108. The number of fused-ring (bicyclic) bond motifs is 1. The maximum Gasteiger partial charge on any atom is 0.332 e. The molecule has 18 heavy (non-hydrogen) atoms. The molecule has 2 heterocycles.